The minimum atomic E-state index is -0.726. The number of fused-ring (bicyclic) bond motifs is 1. The number of halogens is 2. The van der Waals surface area contributed by atoms with Gasteiger partial charge in [0.1, 0.15) is 22.5 Å². The maximum Gasteiger partial charge on any atom is 0.261 e. The van der Waals surface area contributed by atoms with Gasteiger partial charge in [-0.3, -0.25) is 4.79 Å². The predicted molar refractivity (Wildman–Crippen MR) is 47.0 cm³/mol. The van der Waals surface area contributed by atoms with Gasteiger partial charge in [0.2, 0.25) is 0 Å². The molecule has 0 amide bonds. The summed E-state index contributed by atoms with van der Waals surface area (Å²) in [5, 5.41) is -0.329. The molecule has 2 rings (SSSR count). The van der Waals surface area contributed by atoms with Gasteiger partial charge in [0.25, 0.3) is 5.56 Å². The zero-order valence-corrected chi connectivity index (χ0v) is 7.27. The van der Waals surface area contributed by atoms with Gasteiger partial charge in [-0.05, 0) is 18.6 Å². The summed E-state index contributed by atoms with van der Waals surface area (Å²) in [5.41, 5.74) is -0.819. The first-order valence-corrected chi connectivity index (χ1v) is 3.93. The van der Waals surface area contributed by atoms with Crippen molar-refractivity contribution in [2.75, 3.05) is 0 Å². The molecule has 5 heteroatoms. The summed E-state index contributed by atoms with van der Waals surface area (Å²) in [6.45, 7) is 1.39. The van der Waals surface area contributed by atoms with E-state index in [0.717, 1.165) is 12.4 Å². The minimum Gasteiger partial charge on any atom is -0.313 e. The maximum atomic E-state index is 13.4. The SMILES string of the molecule is Cc1cc(F)c2nc[nH]c(=O)c2c1F. The fraction of sp³-hybridized carbons (Fsp3) is 0.111. The average molecular weight is 196 g/mol. The van der Waals surface area contributed by atoms with E-state index in [-0.39, 0.29) is 16.5 Å². The van der Waals surface area contributed by atoms with Crippen molar-refractivity contribution < 1.29 is 8.78 Å². The van der Waals surface area contributed by atoms with Gasteiger partial charge in [0.15, 0.2) is 0 Å². The van der Waals surface area contributed by atoms with Crippen LogP contribution in [0.1, 0.15) is 5.56 Å². The van der Waals surface area contributed by atoms with Gasteiger partial charge in [-0.1, -0.05) is 0 Å². The lowest BCUT2D eigenvalue weighted by atomic mass is 10.1. The highest BCUT2D eigenvalue weighted by Gasteiger charge is 2.13. The molecule has 3 nitrogen and oxygen atoms in total. The predicted octanol–water partition coefficient (Wildman–Crippen LogP) is 1.51. The summed E-state index contributed by atoms with van der Waals surface area (Å²) < 4.78 is 26.6. The quantitative estimate of drug-likeness (QED) is 0.694. The minimum absolute atomic E-state index is 0.0912. The van der Waals surface area contributed by atoms with E-state index >= 15 is 0 Å². The molecule has 0 aliphatic carbocycles. The molecule has 0 unspecified atom stereocenters. The van der Waals surface area contributed by atoms with Crippen LogP contribution in [-0.4, -0.2) is 9.97 Å². The third-order valence-corrected chi connectivity index (χ3v) is 1.99. The summed E-state index contributed by atoms with van der Waals surface area (Å²) in [5.74, 6) is -1.42. The molecule has 2 aromatic rings. The Morgan fingerprint density at radius 1 is 1.43 bits per heavy atom. The van der Waals surface area contributed by atoms with E-state index in [1.807, 2.05) is 0 Å². The standard InChI is InChI=1S/C9H6F2N2O/c1-4-2-5(10)8-6(7(4)11)9(14)13-3-12-8/h2-3H,1H3,(H,12,13,14). The molecule has 0 radical (unpaired) electrons. The number of rotatable bonds is 0. The lowest BCUT2D eigenvalue weighted by Crippen LogP contribution is -2.10. The first-order chi connectivity index (χ1) is 6.61. The van der Waals surface area contributed by atoms with E-state index in [0.29, 0.717) is 0 Å². The van der Waals surface area contributed by atoms with Gasteiger partial charge in [-0.2, -0.15) is 0 Å². The van der Waals surface area contributed by atoms with Gasteiger partial charge < -0.3 is 4.98 Å². The molecule has 0 bridgehead atoms. The fourth-order valence-electron chi connectivity index (χ4n) is 1.30. The van der Waals surface area contributed by atoms with Crippen molar-refractivity contribution in [3.05, 3.63) is 39.9 Å². The molecule has 1 heterocycles. The molecule has 0 fully saturated rings. The highest BCUT2D eigenvalue weighted by molar-refractivity contribution is 5.79. The number of aromatic nitrogens is 2. The number of hydrogen-bond acceptors (Lipinski definition) is 2. The molecule has 1 aromatic carbocycles. The number of nitrogens with one attached hydrogen (secondary N) is 1. The van der Waals surface area contributed by atoms with E-state index in [1.54, 1.807) is 0 Å². The van der Waals surface area contributed by atoms with Crippen molar-refractivity contribution in [1.82, 2.24) is 9.97 Å². The Labute approximate surface area is 77.4 Å². The summed E-state index contributed by atoms with van der Waals surface area (Å²) in [6.07, 6.45) is 1.04. The molecule has 1 N–H and O–H groups in total. The van der Waals surface area contributed by atoms with Crippen molar-refractivity contribution in [1.29, 1.82) is 0 Å². The van der Waals surface area contributed by atoms with Gasteiger partial charge in [0.05, 0.1) is 6.33 Å². The molecular formula is C9H6F2N2O. The molecular weight excluding hydrogens is 190 g/mol. The molecule has 0 atom stereocenters. The second kappa shape index (κ2) is 2.87. The first-order valence-electron chi connectivity index (χ1n) is 3.93. The molecule has 1 aromatic heterocycles. The van der Waals surface area contributed by atoms with Crippen LogP contribution in [0.3, 0.4) is 0 Å². The molecule has 0 saturated carbocycles. The number of nitrogens with zero attached hydrogens (tertiary/aromatic N) is 1. The van der Waals surface area contributed by atoms with Crippen molar-refractivity contribution in [2.24, 2.45) is 0 Å². The monoisotopic (exact) mass is 196 g/mol. The summed E-state index contributed by atoms with van der Waals surface area (Å²) in [6, 6.07) is 1.02. The molecule has 0 aliphatic heterocycles. The van der Waals surface area contributed by atoms with Crippen LogP contribution >= 0.6 is 0 Å². The fourth-order valence-corrected chi connectivity index (χ4v) is 1.30. The molecule has 72 valence electrons. The van der Waals surface area contributed by atoms with E-state index in [9.17, 15) is 13.6 Å². The number of aromatic amines is 1. The number of hydrogen-bond donors (Lipinski definition) is 1. The molecule has 0 aliphatic rings. The number of aryl methyl sites for hydroxylation is 1. The second-order valence-electron chi connectivity index (χ2n) is 2.94. The van der Waals surface area contributed by atoms with Crippen molar-refractivity contribution in [3.63, 3.8) is 0 Å². The van der Waals surface area contributed by atoms with Crippen molar-refractivity contribution in [2.45, 2.75) is 6.92 Å². The zero-order chi connectivity index (χ0) is 10.3. The van der Waals surface area contributed by atoms with Crippen molar-refractivity contribution >= 4 is 10.9 Å². The van der Waals surface area contributed by atoms with E-state index in [2.05, 4.69) is 9.97 Å². The zero-order valence-electron chi connectivity index (χ0n) is 7.27. The smallest absolute Gasteiger partial charge is 0.261 e. The summed E-state index contributed by atoms with van der Waals surface area (Å²) in [4.78, 5) is 17.0. The van der Waals surface area contributed by atoms with Gasteiger partial charge in [0, 0.05) is 0 Å². The topological polar surface area (TPSA) is 45.8 Å². The van der Waals surface area contributed by atoms with Crippen LogP contribution in [0.4, 0.5) is 8.78 Å². The Kier molecular flexibility index (Phi) is 1.80. The Hall–Kier alpha value is -1.78. The van der Waals surface area contributed by atoms with Crippen LogP contribution in [0, 0.1) is 18.6 Å². The van der Waals surface area contributed by atoms with Gasteiger partial charge in [-0.25, -0.2) is 13.8 Å². The van der Waals surface area contributed by atoms with Crippen LogP contribution in [0.15, 0.2) is 17.2 Å². The highest BCUT2D eigenvalue weighted by atomic mass is 19.1. The van der Waals surface area contributed by atoms with Crippen LogP contribution in [0.2, 0.25) is 0 Å². The van der Waals surface area contributed by atoms with Crippen molar-refractivity contribution in [3.8, 4) is 0 Å². The third-order valence-electron chi connectivity index (χ3n) is 1.99. The summed E-state index contributed by atoms with van der Waals surface area (Å²) in [7, 11) is 0. The molecule has 0 saturated heterocycles. The van der Waals surface area contributed by atoms with Gasteiger partial charge >= 0.3 is 0 Å². The normalized spacial score (nSPS) is 10.8. The van der Waals surface area contributed by atoms with Crippen LogP contribution < -0.4 is 5.56 Å². The largest absolute Gasteiger partial charge is 0.313 e. The lowest BCUT2D eigenvalue weighted by Gasteiger charge is -2.01. The maximum absolute atomic E-state index is 13.4. The van der Waals surface area contributed by atoms with Crippen LogP contribution in [-0.2, 0) is 0 Å². The number of H-pyrrole nitrogens is 1. The van der Waals surface area contributed by atoms with Gasteiger partial charge in [-0.15, -0.1) is 0 Å². The van der Waals surface area contributed by atoms with E-state index in [4.69, 9.17) is 0 Å². The Morgan fingerprint density at radius 2 is 2.14 bits per heavy atom. The van der Waals surface area contributed by atoms with Crippen LogP contribution in [0.5, 0.6) is 0 Å². The molecule has 0 spiro atoms. The highest BCUT2D eigenvalue weighted by Crippen LogP contribution is 2.18. The first kappa shape index (κ1) is 8.80. The number of benzene rings is 1. The Bertz CT molecular complexity index is 562. The second-order valence-corrected chi connectivity index (χ2v) is 2.94. The lowest BCUT2D eigenvalue weighted by molar-refractivity contribution is 0.606. The summed E-state index contributed by atoms with van der Waals surface area (Å²) >= 11 is 0. The van der Waals surface area contributed by atoms with Crippen LogP contribution in [0.25, 0.3) is 10.9 Å². The third kappa shape index (κ3) is 1.09. The Morgan fingerprint density at radius 3 is 2.86 bits per heavy atom. The van der Waals surface area contributed by atoms with E-state index in [1.165, 1.54) is 6.92 Å². The molecule has 14 heavy (non-hydrogen) atoms. The van der Waals surface area contributed by atoms with E-state index < -0.39 is 17.2 Å². The Balaban J connectivity index is 3.11. The average Bonchev–Trinajstić information content (AvgIpc) is 2.14.